The molecule has 0 aliphatic carbocycles. The van der Waals surface area contributed by atoms with Crippen LogP contribution in [0.3, 0.4) is 0 Å². The van der Waals surface area contributed by atoms with Gasteiger partial charge in [0.05, 0.1) is 24.4 Å². The summed E-state index contributed by atoms with van der Waals surface area (Å²) in [6.45, 7) is 0.520. The van der Waals surface area contributed by atoms with Crippen molar-refractivity contribution < 1.29 is 4.39 Å². The fraction of sp³-hybridized carbons (Fsp3) is 0.235. The van der Waals surface area contributed by atoms with Gasteiger partial charge < -0.3 is 5.73 Å². The van der Waals surface area contributed by atoms with Crippen LogP contribution in [0.4, 0.5) is 4.39 Å². The second-order valence-electron chi connectivity index (χ2n) is 5.53. The summed E-state index contributed by atoms with van der Waals surface area (Å²) in [7, 11) is 0. The topological polar surface area (TPSA) is 78.7 Å². The highest BCUT2D eigenvalue weighted by Gasteiger charge is 2.10. The average molecular weight is 391 g/mol. The van der Waals surface area contributed by atoms with E-state index in [-0.39, 0.29) is 18.8 Å². The quantitative estimate of drug-likeness (QED) is 0.627. The van der Waals surface area contributed by atoms with Crippen LogP contribution in [0.1, 0.15) is 4.88 Å². The monoisotopic (exact) mass is 391 g/mol. The summed E-state index contributed by atoms with van der Waals surface area (Å²) in [4.78, 5) is 18.8. The van der Waals surface area contributed by atoms with Gasteiger partial charge in [0.25, 0.3) is 0 Å². The summed E-state index contributed by atoms with van der Waals surface area (Å²) in [5.74, 6) is 0. The van der Waals surface area contributed by atoms with Crippen LogP contribution in [-0.2, 0) is 13.1 Å². The number of thioether (sulfide) groups is 1. The molecule has 3 rings (SSSR count). The zero-order valence-electron chi connectivity index (χ0n) is 14.1. The Hall–Kier alpha value is -2.23. The third kappa shape index (κ3) is 4.12. The molecule has 0 aliphatic rings. The predicted molar refractivity (Wildman–Crippen MR) is 103 cm³/mol. The first kappa shape index (κ1) is 18.6. The normalized spacial score (nSPS) is 11.9. The molecule has 3 aromatic rings. The van der Waals surface area contributed by atoms with Gasteiger partial charge in [-0.05, 0) is 36.1 Å². The SMILES string of the molecule is CSc1ccc(-c2ccc(Cn3cnn(C/C(=C/F)CN)c3=O)s2)cn1. The van der Waals surface area contributed by atoms with Crippen molar-refractivity contribution in [2.45, 2.75) is 18.1 Å². The first-order chi connectivity index (χ1) is 12.6. The zero-order valence-corrected chi connectivity index (χ0v) is 15.8. The third-order valence-corrected chi connectivity index (χ3v) is 5.56. The number of pyridine rings is 1. The van der Waals surface area contributed by atoms with Gasteiger partial charge in [0.2, 0.25) is 0 Å². The second kappa shape index (κ2) is 8.43. The van der Waals surface area contributed by atoms with E-state index in [1.807, 2.05) is 36.7 Å². The van der Waals surface area contributed by atoms with Crippen molar-refractivity contribution in [1.29, 1.82) is 0 Å². The third-order valence-electron chi connectivity index (χ3n) is 3.78. The molecule has 0 spiro atoms. The van der Waals surface area contributed by atoms with Gasteiger partial charge >= 0.3 is 5.69 Å². The van der Waals surface area contributed by atoms with Crippen LogP contribution in [0, 0.1) is 0 Å². The number of aromatic nitrogens is 4. The van der Waals surface area contributed by atoms with Crippen molar-refractivity contribution in [2.75, 3.05) is 12.8 Å². The summed E-state index contributed by atoms with van der Waals surface area (Å²) in [5.41, 5.74) is 6.49. The first-order valence-electron chi connectivity index (χ1n) is 7.84. The van der Waals surface area contributed by atoms with Crippen LogP contribution in [0.15, 0.2) is 58.5 Å². The molecule has 0 atom stereocenters. The molecule has 9 heteroatoms. The lowest BCUT2D eigenvalue weighted by atomic mass is 10.2. The van der Waals surface area contributed by atoms with E-state index in [4.69, 9.17) is 5.73 Å². The summed E-state index contributed by atoms with van der Waals surface area (Å²) in [6, 6.07) is 8.03. The fourth-order valence-corrected chi connectivity index (χ4v) is 3.72. The number of nitrogens with two attached hydrogens (primary N) is 1. The Labute approximate surface area is 158 Å². The lowest BCUT2D eigenvalue weighted by Gasteiger charge is -2.01. The van der Waals surface area contributed by atoms with Crippen molar-refractivity contribution in [3.63, 3.8) is 0 Å². The highest BCUT2D eigenvalue weighted by molar-refractivity contribution is 7.98. The minimum absolute atomic E-state index is 0.0491. The molecule has 26 heavy (non-hydrogen) atoms. The highest BCUT2D eigenvalue weighted by atomic mass is 32.2. The van der Waals surface area contributed by atoms with Gasteiger partial charge in [-0.25, -0.2) is 18.9 Å². The van der Waals surface area contributed by atoms with Gasteiger partial charge in [0, 0.05) is 28.1 Å². The number of rotatable bonds is 7. The summed E-state index contributed by atoms with van der Waals surface area (Å²) in [6.07, 6.45) is 5.72. The smallest absolute Gasteiger partial charge is 0.327 e. The number of nitrogens with zero attached hydrogens (tertiary/aromatic N) is 4. The van der Waals surface area contributed by atoms with Crippen molar-refractivity contribution in [2.24, 2.45) is 5.73 Å². The van der Waals surface area contributed by atoms with Crippen LogP contribution in [0.25, 0.3) is 10.4 Å². The number of hydrogen-bond donors (Lipinski definition) is 1. The second-order valence-corrected chi connectivity index (χ2v) is 7.52. The fourth-order valence-electron chi connectivity index (χ4n) is 2.36. The van der Waals surface area contributed by atoms with Crippen LogP contribution in [-0.4, -0.2) is 32.1 Å². The van der Waals surface area contributed by atoms with Gasteiger partial charge in [0.1, 0.15) is 6.33 Å². The Morgan fingerprint density at radius 1 is 1.38 bits per heavy atom. The van der Waals surface area contributed by atoms with Crippen LogP contribution < -0.4 is 11.4 Å². The number of halogens is 1. The molecule has 0 bridgehead atoms. The molecule has 0 saturated heterocycles. The molecule has 2 N–H and O–H groups in total. The Morgan fingerprint density at radius 3 is 2.88 bits per heavy atom. The minimum atomic E-state index is -0.293. The van der Waals surface area contributed by atoms with E-state index in [1.54, 1.807) is 23.1 Å². The molecular weight excluding hydrogens is 373 g/mol. The van der Waals surface area contributed by atoms with Gasteiger partial charge in [-0.2, -0.15) is 5.10 Å². The highest BCUT2D eigenvalue weighted by Crippen LogP contribution is 2.28. The Morgan fingerprint density at radius 2 is 2.23 bits per heavy atom. The van der Waals surface area contributed by atoms with Gasteiger partial charge in [-0.3, -0.25) is 4.57 Å². The van der Waals surface area contributed by atoms with Crippen LogP contribution in [0.2, 0.25) is 0 Å². The molecule has 0 fully saturated rings. The zero-order chi connectivity index (χ0) is 18.5. The number of hydrogen-bond acceptors (Lipinski definition) is 6. The van der Waals surface area contributed by atoms with Gasteiger partial charge in [-0.1, -0.05) is 0 Å². The summed E-state index contributed by atoms with van der Waals surface area (Å²) in [5, 5.41) is 5.00. The largest absolute Gasteiger partial charge is 0.346 e. The average Bonchev–Trinajstić information content (AvgIpc) is 3.28. The maximum atomic E-state index is 12.6. The lowest BCUT2D eigenvalue weighted by molar-refractivity contribution is 0.604. The molecule has 6 nitrogen and oxygen atoms in total. The Bertz CT molecular complexity index is 958. The maximum absolute atomic E-state index is 12.6. The van der Waals surface area contributed by atoms with Crippen LogP contribution >= 0.6 is 23.1 Å². The van der Waals surface area contributed by atoms with E-state index in [0.717, 1.165) is 20.3 Å². The number of thiophene rings is 1. The maximum Gasteiger partial charge on any atom is 0.346 e. The molecule has 0 aromatic carbocycles. The molecule has 0 saturated carbocycles. The van der Waals surface area contributed by atoms with Gasteiger partial charge in [0.15, 0.2) is 0 Å². The molecule has 3 aromatic heterocycles. The van der Waals surface area contributed by atoms with E-state index in [9.17, 15) is 9.18 Å². The Kier molecular flexibility index (Phi) is 6.02. The van der Waals surface area contributed by atoms with E-state index in [1.165, 1.54) is 15.6 Å². The van der Waals surface area contributed by atoms with Crippen molar-refractivity contribution in [1.82, 2.24) is 19.3 Å². The summed E-state index contributed by atoms with van der Waals surface area (Å²) < 4.78 is 15.3. The molecule has 0 unspecified atom stereocenters. The first-order valence-corrected chi connectivity index (χ1v) is 9.88. The standard InChI is InChI=1S/C17H18FN5OS2/c1-25-16-5-2-13(8-20-16)15-4-3-14(26-15)10-22-11-21-23(17(22)24)9-12(6-18)7-19/h2-6,8,11H,7,9-10,19H2,1H3/b12-6+. The van der Waals surface area contributed by atoms with Crippen molar-refractivity contribution >= 4 is 23.1 Å². The molecule has 0 radical (unpaired) electrons. The molecule has 3 heterocycles. The van der Waals surface area contributed by atoms with Crippen molar-refractivity contribution in [3.05, 3.63) is 64.1 Å². The molecule has 136 valence electrons. The predicted octanol–water partition coefficient (Wildman–Crippen LogP) is 2.75. The Balaban J connectivity index is 1.75. The van der Waals surface area contributed by atoms with Crippen molar-refractivity contribution in [3.8, 4) is 10.4 Å². The molecular formula is C17H18FN5OS2. The van der Waals surface area contributed by atoms with E-state index < -0.39 is 0 Å². The minimum Gasteiger partial charge on any atom is -0.327 e. The van der Waals surface area contributed by atoms with E-state index in [2.05, 4.69) is 10.1 Å². The van der Waals surface area contributed by atoms with E-state index >= 15 is 0 Å². The van der Waals surface area contributed by atoms with Crippen LogP contribution in [0.5, 0.6) is 0 Å². The molecule has 0 aliphatic heterocycles. The summed E-state index contributed by atoms with van der Waals surface area (Å²) >= 11 is 3.20. The van der Waals surface area contributed by atoms with Gasteiger partial charge in [-0.15, -0.1) is 23.1 Å². The van der Waals surface area contributed by atoms with E-state index in [0.29, 0.717) is 18.4 Å². The lowest BCUT2D eigenvalue weighted by Crippen LogP contribution is -2.26. The molecule has 0 amide bonds.